The number of nitro groups is 1. The van der Waals surface area contributed by atoms with Gasteiger partial charge in [-0.05, 0) is 34.5 Å². The van der Waals surface area contributed by atoms with E-state index in [1.54, 1.807) is 12.1 Å². The molecule has 2 aromatic rings. The number of nitrogens with one attached hydrogen (secondary N) is 1. The van der Waals surface area contributed by atoms with Gasteiger partial charge in [-0.3, -0.25) is 4.79 Å². The molecule has 10 heteroatoms. The minimum absolute atomic E-state index is 0.102. The van der Waals surface area contributed by atoms with Crippen LogP contribution in [0, 0.1) is 17.0 Å². The quantitative estimate of drug-likeness (QED) is 0.636. The normalized spacial score (nSPS) is 10.3. The fraction of sp³-hybridized carbons (Fsp3) is 0.250. The molecule has 9 nitrogen and oxygen atoms in total. The first-order chi connectivity index (χ1) is 10.4. The van der Waals surface area contributed by atoms with Crippen molar-refractivity contribution in [1.29, 1.82) is 0 Å². The second-order valence-corrected chi connectivity index (χ2v) is 5.06. The average Bonchev–Trinajstić information content (AvgIpc) is 2.80. The fourth-order valence-electron chi connectivity index (χ4n) is 1.74. The van der Waals surface area contributed by atoms with Crippen molar-refractivity contribution in [2.75, 3.05) is 12.4 Å². The average molecular weight is 370 g/mol. The van der Waals surface area contributed by atoms with E-state index >= 15 is 0 Å². The first-order valence-electron chi connectivity index (χ1n) is 6.10. The molecule has 0 aliphatic rings. The summed E-state index contributed by atoms with van der Waals surface area (Å²) >= 11 is 3.02. The van der Waals surface area contributed by atoms with Gasteiger partial charge in [0.1, 0.15) is 12.3 Å². The SMILES string of the molecule is COc1ccc(C)cc1NC(=O)Cn1nc([N+](=O)[O-])nc1Br. The number of hydrogen-bond acceptors (Lipinski definition) is 6. The van der Waals surface area contributed by atoms with Crippen LogP contribution in [-0.4, -0.2) is 32.7 Å². The van der Waals surface area contributed by atoms with Gasteiger partial charge in [0.25, 0.3) is 4.73 Å². The van der Waals surface area contributed by atoms with E-state index in [1.807, 2.05) is 13.0 Å². The number of aromatic nitrogens is 3. The van der Waals surface area contributed by atoms with Crippen LogP contribution in [0.5, 0.6) is 5.75 Å². The van der Waals surface area contributed by atoms with Gasteiger partial charge in [0, 0.05) is 21.0 Å². The van der Waals surface area contributed by atoms with Crippen molar-refractivity contribution in [3.05, 3.63) is 38.6 Å². The minimum atomic E-state index is -0.733. The summed E-state index contributed by atoms with van der Waals surface area (Å²) in [6.45, 7) is 1.66. The Morgan fingerprint density at radius 2 is 2.27 bits per heavy atom. The van der Waals surface area contributed by atoms with Gasteiger partial charge >= 0.3 is 5.95 Å². The van der Waals surface area contributed by atoms with E-state index < -0.39 is 16.8 Å². The van der Waals surface area contributed by atoms with Crippen molar-refractivity contribution in [3.8, 4) is 5.75 Å². The van der Waals surface area contributed by atoms with Gasteiger partial charge < -0.3 is 20.2 Å². The number of carbonyl (C=O) groups excluding carboxylic acids is 1. The van der Waals surface area contributed by atoms with Gasteiger partial charge in [-0.25, -0.2) is 0 Å². The highest BCUT2D eigenvalue weighted by Gasteiger charge is 2.21. The number of methoxy groups -OCH3 is 1. The van der Waals surface area contributed by atoms with Crippen LogP contribution in [0.3, 0.4) is 0 Å². The van der Waals surface area contributed by atoms with Crippen LogP contribution in [0.25, 0.3) is 0 Å². The lowest BCUT2D eigenvalue weighted by atomic mass is 10.2. The maximum Gasteiger partial charge on any atom is 0.492 e. The maximum absolute atomic E-state index is 12.0. The molecular weight excluding hydrogens is 358 g/mol. The summed E-state index contributed by atoms with van der Waals surface area (Å²) in [4.78, 5) is 25.5. The van der Waals surface area contributed by atoms with E-state index in [1.165, 1.54) is 7.11 Å². The number of anilines is 1. The Kier molecular flexibility index (Phi) is 4.71. The minimum Gasteiger partial charge on any atom is -0.495 e. The summed E-state index contributed by atoms with van der Waals surface area (Å²) in [5.41, 5.74) is 1.46. The Balaban J connectivity index is 2.14. The number of amides is 1. The number of ether oxygens (including phenoxy) is 1. The van der Waals surface area contributed by atoms with Crippen LogP contribution >= 0.6 is 15.9 Å². The molecule has 0 unspecified atom stereocenters. The molecular formula is C12H12BrN5O4. The second kappa shape index (κ2) is 6.52. The molecule has 2 rings (SSSR count). The predicted octanol–water partition coefficient (Wildman–Crippen LogP) is 1.90. The molecule has 0 bridgehead atoms. The number of hydrogen-bond donors (Lipinski definition) is 1. The zero-order valence-electron chi connectivity index (χ0n) is 11.7. The van der Waals surface area contributed by atoms with Crippen LogP contribution < -0.4 is 10.1 Å². The first-order valence-corrected chi connectivity index (χ1v) is 6.89. The number of benzene rings is 1. The van der Waals surface area contributed by atoms with Crippen LogP contribution in [-0.2, 0) is 11.3 Å². The van der Waals surface area contributed by atoms with Gasteiger partial charge in [0.05, 0.1) is 12.8 Å². The zero-order valence-corrected chi connectivity index (χ0v) is 13.3. The Morgan fingerprint density at radius 3 is 2.86 bits per heavy atom. The first kappa shape index (κ1) is 15.9. The Labute approximate surface area is 133 Å². The molecule has 1 aromatic carbocycles. The molecule has 1 aromatic heterocycles. The van der Waals surface area contributed by atoms with Gasteiger partial charge in [0.2, 0.25) is 5.91 Å². The van der Waals surface area contributed by atoms with Crippen LogP contribution in [0.2, 0.25) is 0 Å². The molecule has 1 amide bonds. The van der Waals surface area contributed by atoms with Crippen molar-refractivity contribution in [1.82, 2.24) is 14.8 Å². The van der Waals surface area contributed by atoms with E-state index in [-0.39, 0.29) is 11.3 Å². The summed E-state index contributed by atoms with van der Waals surface area (Å²) < 4.78 is 6.36. The summed E-state index contributed by atoms with van der Waals surface area (Å²) in [6, 6.07) is 5.35. The summed E-state index contributed by atoms with van der Waals surface area (Å²) in [5.74, 6) is -0.472. The van der Waals surface area contributed by atoms with Crippen molar-refractivity contribution < 1.29 is 14.5 Å². The van der Waals surface area contributed by atoms with E-state index in [0.29, 0.717) is 11.4 Å². The van der Waals surface area contributed by atoms with Crippen molar-refractivity contribution in [2.24, 2.45) is 0 Å². The second-order valence-electron chi connectivity index (χ2n) is 4.35. The third kappa shape index (κ3) is 3.58. The molecule has 0 radical (unpaired) electrons. The summed E-state index contributed by atoms with van der Waals surface area (Å²) in [6.07, 6.45) is 0. The summed E-state index contributed by atoms with van der Waals surface area (Å²) in [7, 11) is 1.50. The van der Waals surface area contributed by atoms with E-state index in [9.17, 15) is 14.9 Å². The predicted molar refractivity (Wildman–Crippen MR) is 80.7 cm³/mol. The number of aryl methyl sites for hydroxylation is 1. The molecule has 0 saturated heterocycles. The van der Waals surface area contributed by atoms with Crippen LogP contribution in [0.1, 0.15) is 5.56 Å². The standard InChI is InChI=1S/C12H12BrN5O4/c1-7-3-4-9(22-2)8(5-7)14-10(19)6-17-11(13)15-12(16-17)18(20)21/h3-5H,6H2,1-2H3,(H,14,19). The topological polar surface area (TPSA) is 112 Å². The van der Waals surface area contributed by atoms with Gasteiger partial charge in [-0.2, -0.15) is 4.68 Å². The number of halogens is 1. The maximum atomic E-state index is 12.0. The van der Waals surface area contributed by atoms with Gasteiger partial charge in [-0.15, -0.1) is 0 Å². The van der Waals surface area contributed by atoms with Crippen molar-refractivity contribution in [2.45, 2.75) is 13.5 Å². The molecule has 1 heterocycles. The molecule has 116 valence electrons. The van der Waals surface area contributed by atoms with Crippen LogP contribution in [0.15, 0.2) is 22.9 Å². The highest BCUT2D eigenvalue weighted by atomic mass is 79.9. The Morgan fingerprint density at radius 1 is 1.55 bits per heavy atom. The molecule has 0 aliphatic carbocycles. The van der Waals surface area contributed by atoms with Crippen molar-refractivity contribution >= 4 is 33.5 Å². The zero-order chi connectivity index (χ0) is 16.3. The number of rotatable bonds is 5. The lowest BCUT2D eigenvalue weighted by molar-refractivity contribution is -0.394. The lowest BCUT2D eigenvalue weighted by Gasteiger charge is -2.10. The lowest BCUT2D eigenvalue weighted by Crippen LogP contribution is -2.20. The van der Waals surface area contributed by atoms with E-state index in [0.717, 1.165) is 10.2 Å². The molecule has 0 saturated carbocycles. The van der Waals surface area contributed by atoms with Crippen LogP contribution in [0.4, 0.5) is 11.6 Å². The Hall–Kier alpha value is -2.49. The Bertz CT molecular complexity index is 730. The molecule has 0 aliphatic heterocycles. The fourth-order valence-corrected chi connectivity index (χ4v) is 2.10. The highest BCUT2D eigenvalue weighted by Crippen LogP contribution is 2.25. The number of nitrogens with zero attached hydrogens (tertiary/aromatic N) is 4. The smallest absolute Gasteiger partial charge is 0.492 e. The third-order valence-electron chi connectivity index (χ3n) is 2.70. The summed E-state index contributed by atoms with van der Waals surface area (Å²) in [5, 5.41) is 16.9. The monoisotopic (exact) mass is 369 g/mol. The van der Waals surface area contributed by atoms with Crippen molar-refractivity contribution in [3.63, 3.8) is 0 Å². The van der Waals surface area contributed by atoms with E-state index in [2.05, 4.69) is 31.3 Å². The largest absolute Gasteiger partial charge is 0.495 e. The van der Waals surface area contributed by atoms with Gasteiger partial charge in [0.15, 0.2) is 0 Å². The third-order valence-corrected chi connectivity index (χ3v) is 3.29. The number of carbonyl (C=O) groups is 1. The molecule has 0 fully saturated rings. The van der Waals surface area contributed by atoms with E-state index in [4.69, 9.17) is 4.74 Å². The van der Waals surface area contributed by atoms with Gasteiger partial charge in [-0.1, -0.05) is 6.07 Å². The molecule has 22 heavy (non-hydrogen) atoms. The molecule has 0 spiro atoms. The highest BCUT2D eigenvalue weighted by molar-refractivity contribution is 9.10. The molecule has 1 N–H and O–H groups in total. The molecule has 0 atom stereocenters.